The molecule has 3 aromatic rings. The molecule has 0 saturated heterocycles. The molecule has 6 nitrogen and oxygen atoms in total. The molecule has 174 valence electrons. The Kier molecular flexibility index (Phi) is 6.62. The zero-order valence-corrected chi connectivity index (χ0v) is 17.8. The number of nitrogens with zero attached hydrogens (tertiary/aromatic N) is 2. The third kappa shape index (κ3) is 4.93. The molecule has 1 aromatic heterocycles. The monoisotopic (exact) mass is 468 g/mol. The number of carbonyl (C=O) groups excluding carboxylic acids is 1. The molecule has 0 bridgehead atoms. The van der Waals surface area contributed by atoms with E-state index in [1.807, 2.05) is 30.3 Å². The van der Waals surface area contributed by atoms with Crippen LogP contribution in [0.25, 0.3) is 16.8 Å². The number of aromatic carboxylic acids is 1. The van der Waals surface area contributed by atoms with Crippen LogP contribution in [0.4, 0.5) is 18.0 Å². The van der Waals surface area contributed by atoms with Crippen molar-refractivity contribution in [1.82, 2.24) is 9.88 Å². The smallest absolute Gasteiger partial charge is 0.410 e. The first kappa shape index (κ1) is 23.0. The third-order valence-corrected chi connectivity index (χ3v) is 5.39. The van der Waals surface area contributed by atoms with Gasteiger partial charge < -0.3 is 14.7 Å². The average Bonchev–Trinajstić information content (AvgIpc) is 2.83. The normalized spacial score (nSPS) is 13.4. The summed E-state index contributed by atoms with van der Waals surface area (Å²) in [5.74, 6) is -4.64. The summed E-state index contributed by atoms with van der Waals surface area (Å²) >= 11 is 0. The van der Waals surface area contributed by atoms with Gasteiger partial charge in [0, 0.05) is 13.1 Å². The Morgan fingerprint density at radius 3 is 2.32 bits per heavy atom. The van der Waals surface area contributed by atoms with Gasteiger partial charge in [0.15, 0.2) is 0 Å². The van der Waals surface area contributed by atoms with Crippen LogP contribution in [0.15, 0.2) is 60.7 Å². The number of aromatic nitrogens is 1. The molecule has 2 aromatic carbocycles. The Morgan fingerprint density at radius 1 is 1.00 bits per heavy atom. The van der Waals surface area contributed by atoms with Crippen LogP contribution in [0, 0.1) is 17.5 Å². The highest BCUT2D eigenvalue weighted by atomic mass is 19.1. The van der Waals surface area contributed by atoms with E-state index in [9.17, 15) is 22.8 Å². The Morgan fingerprint density at radius 2 is 1.71 bits per heavy atom. The molecular formula is C25H19F3N2O4. The summed E-state index contributed by atoms with van der Waals surface area (Å²) in [4.78, 5) is 28.4. The minimum atomic E-state index is -1.45. The maximum atomic E-state index is 14.8. The maximum Gasteiger partial charge on any atom is 0.410 e. The van der Waals surface area contributed by atoms with Crippen LogP contribution >= 0.6 is 0 Å². The SMILES string of the molecule is O=C(O)c1ccc(F)c(-c2c(F)cc(C3=CCN(C(=O)OCc4ccccc4)CC3)cc2F)n1. The van der Waals surface area contributed by atoms with Crippen LogP contribution in [0.3, 0.4) is 0 Å². The van der Waals surface area contributed by atoms with E-state index >= 15 is 0 Å². The van der Waals surface area contributed by atoms with Crippen molar-refractivity contribution in [2.24, 2.45) is 0 Å². The van der Waals surface area contributed by atoms with Crippen molar-refractivity contribution in [3.05, 3.63) is 94.9 Å². The van der Waals surface area contributed by atoms with Crippen molar-refractivity contribution in [3.63, 3.8) is 0 Å². The fourth-order valence-electron chi connectivity index (χ4n) is 3.63. The number of benzene rings is 2. The lowest BCUT2D eigenvalue weighted by Gasteiger charge is -2.26. The maximum absolute atomic E-state index is 14.8. The molecule has 1 aliphatic rings. The number of carboxylic acid groups (broad SMARTS) is 1. The summed E-state index contributed by atoms with van der Waals surface area (Å²) in [5, 5.41) is 9.04. The average molecular weight is 468 g/mol. The van der Waals surface area contributed by atoms with Crippen LogP contribution in [0.2, 0.25) is 0 Å². The third-order valence-electron chi connectivity index (χ3n) is 5.39. The lowest BCUT2D eigenvalue weighted by atomic mass is 9.96. The van der Waals surface area contributed by atoms with Gasteiger partial charge in [-0.25, -0.2) is 27.7 Å². The Labute approximate surface area is 192 Å². The number of amides is 1. The van der Waals surface area contributed by atoms with Crippen molar-refractivity contribution in [1.29, 1.82) is 0 Å². The minimum Gasteiger partial charge on any atom is -0.477 e. The van der Waals surface area contributed by atoms with Gasteiger partial charge in [0.25, 0.3) is 0 Å². The topological polar surface area (TPSA) is 79.7 Å². The molecule has 0 spiro atoms. The molecule has 2 heterocycles. The summed E-state index contributed by atoms with van der Waals surface area (Å²) in [6.45, 7) is 0.629. The van der Waals surface area contributed by atoms with Gasteiger partial charge in [-0.05, 0) is 47.4 Å². The second-order valence-corrected chi connectivity index (χ2v) is 7.61. The lowest BCUT2D eigenvalue weighted by molar-refractivity contribution is 0.0690. The molecule has 9 heteroatoms. The first-order valence-electron chi connectivity index (χ1n) is 10.4. The Hall–Kier alpha value is -4.14. The Bertz CT molecular complexity index is 1260. The van der Waals surface area contributed by atoms with Crippen LogP contribution in [0.5, 0.6) is 0 Å². The number of pyridine rings is 1. The quantitative estimate of drug-likeness (QED) is 0.551. The number of hydrogen-bond acceptors (Lipinski definition) is 4. The summed E-state index contributed by atoms with van der Waals surface area (Å²) in [6.07, 6.45) is 1.51. The number of carboxylic acids is 1. The number of ether oxygens (including phenoxy) is 1. The zero-order chi connectivity index (χ0) is 24.2. The summed E-state index contributed by atoms with van der Waals surface area (Å²) in [7, 11) is 0. The number of rotatable bonds is 5. The van der Waals surface area contributed by atoms with Gasteiger partial charge in [-0.3, -0.25) is 0 Å². The van der Waals surface area contributed by atoms with Crippen LogP contribution in [-0.2, 0) is 11.3 Å². The highest BCUT2D eigenvalue weighted by molar-refractivity contribution is 5.86. The zero-order valence-electron chi connectivity index (χ0n) is 17.8. The van der Waals surface area contributed by atoms with E-state index in [4.69, 9.17) is 9.84 Å². The van der Waals surface area contributed by atoms with Crippen molar-refractivity contribution in [2.45, 2.75) is 13.0 Å². The molecule has 0 aliphatic carbocycles. The van der Waals surface area contributed by atoms with Gasteiger partial charge in [-0.1, -0.05) is 36.4 Å². The largest absolute Gasteiger partial charge is 0.477 e. The second kappa shape index (κ2) is 9.78. The van der Waals surface area contributed by atoms with E-state index in [0.717, 1.165) is 29.8 Å². The van der Waals surface area contributed by atoms with Gasteiger partial charge in [0.2, 0.25) is 0 Å². The molecule has 34 heavy (non-hydrogen) atoms. The predicted molar refractivity (Wildman–Crippen MR) is 117 cm³/mol. The van der Waals surface area contributed by atoms with Crippen molar-refractivity contribution in [3.8, 4) is 11.3 Å². The molecule has 4 rings (SSSR count). The van der Waals surface area contributed by atoms with Crippen LogP contribution in [-0.4, -0.2) is 40.1 Å². The van der Waals surface area contributed by atoms with Gasteiger partial charge in [0.05, 0.1) is 5.56 Å². The number of halogens is 3. The van der Waals surface area contributed by atoms with E-state index < -0.39 is 46.5 Å². The summed E-state index contributed by atoms with van der Waals surface area (Å²) < 4.78 is 49.1. The van der Waals surface area contributed by atoms with Gasteiger partial charge >= 0.3 is 12.1 Å². The van der Waals surface area contributed by atoms with E-state index in [1.165, 1.54) is 4.90 Å². The van der Waals surface area contributed by atoms with Crippen molar-refractivity contribution >= 4 is 17.6 Å². The molecule has 0 radical (unpaired) electrons. The van der Waals surface area contributed by atoms with Gasteiger partial charge in [0.1, 0.15) is 35.4 Å². The second-order valence-electron chi connectivity index (χ2n) is 7.61. The van der Waals surface area contributed by atoms with Crippen LogP contribution < -0.4 is 0 Å². The fraction of sp³-hybridized carbons (Fsp3) is 0.160. The molecule has 1 amide bonds. The molecule has 1 N–H and O–H groups in total. The van der Waals surface area contributed by atoms with E-state index in [0.29, 0.717) is 18.5 Å². The minimum absolute atomic E-state index is 0.137. The fourth-order valence-corrected chi connectivity index (χ4v) is 3.63. The molecule has 0 fully saturated rings. The molecule has 1 aliphatic heterocycles. The van der Waals surface area contributed by atoms with Gasteiger partial charge in [-0.2, -0.15) is 0 Å². The molecule has 0 saturated carbocycles. The summed E-state index contributed by atoms with van der Waals surface area (Å²) in [5.41, 5.74) is -0.281. The first-order valence-corrected chi connectivity index (χ1v) is 10.4. The summed E-state index contributed by atoms with van der Waals surface area (Å²) in [6, 6.07) is 13.0. The molecule has 0 unspecified atom stereocenters. The number of carbonyl (C=O) groups is 2. The van der Waals surface area contributed by atoms with Crippen LogP contribution in [0.1, 0.15) is 28.0 Å². The van der Waals surface area contributed by atoms with Crippen molar-refractivity contribution < 1.29 is 32.6 Å². The Balaban J connectivity index is 1.50. The van der Waals surface area contributed by atoms with E-state index in [2.05, 4.69) is 4.98 Å². The standard InChI is InChI=1S/C25H19F3N2O4/c26-18-6-7-21(24(31)32)29-23(18)22-19(27)12-17(13-20(22)28)16-8-10-30(11-9-16)25(33)34-14-15-4-2-1-3-5-15/h1-8,12-13H,9-11,14H2,(H,31,32). The highest BCUT2D eigenvalue weighted by Gasteiger charge is 2.23. The first-order chi connectivity index (χ1) is 16.3. The van der Waals surface area contributed by atoms with E-state index in [-0.39, 0.29) is 18.7 Å². The van der Waals surface area contributed by atoms with Gasteiger partial charge in [-0.15, -0.1) is 0 Å². The van der Waals surface area contributed by atoms with Crippen molar-refractivity contribution in [2.75, 3.05) is 13.1 Å². The molecule has 0 atom stereocenters. The molecular weight excluding hydrogens is 449 g/mol. The number of hydrogen-bond donors (Lipinski definition) is 1. The highest BCUT2D eigenvalue weighted by Crippen LogP contribution is 2.32. The predicted octanol–water partition coefficient (Wildman–Crippen LogP) is 5.29. The lowest BCUT2D eigenvalue weighted by Crippen LogP contribution is -2.35. The van der Waals surface area contributed by atoms with E-state index in [1.54, 1.807) is 6.08 Å².